The first-order valence-corrected chi connectivity index (χ1v) is 9.35. The number of nitro groups is 1. The van der Waals surface area contributed by atoms with Crippen molar-refractivity contribution in [2.45, 2.75) is 45.8 Å². The molecule has 0 aliphatic carbocycles. The first-order chi connectivity index (χ1) is 11.3. The predicted molar refractivity (Wildman–Crippen MR) is 85.0 cm³/mol. The molecule has 0 radical (unpaired) electrons. The van der Waals surface area contributed by atoms with Gasteiger partial charge in [-0.25, -0.2) is 0 Å². The van der Waals surface area contributed by atoms with Crippen molar-refractivity contribution in [1.29, 1.82) is 0 Å². The molecule has 0 rings (SSSR count). The summed E-state index contributed by atoms with van der Waals surface area (Å²) in [4.78, 5) is 22.9. The minimum Gasteiger partial charge on any atom is -0.878 e. The van der Waals surface area contributed by atoms with E-state index in [-0.39, 0.29) is 19.8 Å². The lowest BCUT2D eigenvalue weighted by molar-refractivity contribution is -0.529. The van der Waals surface area contributed by atoms with Crippen LogP contribution < -0.4 is 5.11 Å². The summed E-state index contributed by atoms with van der Waals surface area (Å²) in [7, 11) is -3.95. The van der Waals surface area contributed by atoms with E-state index in [9.17, 15) is 24.6 Å². The van der Waals surface area contributed by atoms with Crippen molar-refractivity contribution in [3.8, 4) is 0 Å². The van der Waals surface area contributed by atoms with Gasteiger partial charge in [-0.15, -0.1) is 0 Å². The highest BCUT2D eigenvalue weighted by Gasteiger charge is 2.46. The second kappa shape index (κ2) is 11.2. The first kappa shape index (κ1) is 22.6. The van der Waals surface area contributed by atoms with Gasteiger partial charge < -0.3 is 18.9 Å². The minimum absolute atomic E-state index is 0.00628. The van der Waals surface area contributed by atoms with E-state index in [0.29, 0.717) is 6.26 Å². The topological polar surface area (TPSA) is 128 Å². The number of rotatable bonds is 12. The van der Waals surface area contributed by atoms with E-state index in [4.69, 9.17) is 13.8 Å². The van der Waals surface area contributed by atoms with Crippen molar-refractivity contribution in [3.63, 3.8) is 0 Å². The maximum Gasteiger partial charge on any atom is 0.345 e. The van der Waals surface area contributed by atoms with Crippen molar-refractivity contribution < 1.29 is 33.2 Å². The fourth-order valence-electron chi connectivity index (χ4n) is 2.14. The fourth-order valence-corrected chi connectivity index (χ4v) is 4.10. The summed E-state index contributed by atoms with van der Waals surface area (Å²) in [5.41, 5.74) is -1.43. The SMILES string of the molecule is CCOC(=O)C(CC(C(C)/C=C/[O-])[N+](=O)[O-])P(=O)(OCC)OCC. The Labute approximate surface area is 141 Å². The third kappa shape index (κ3) is 6.59. The number of hydrogen-bond acceptors (Lipinski definition) is 8. The number of ether oxygens (including phenoxy) is 1. The van der Waals surface area contributed by atoms with Gasteiger partial charge in [0.1, 0.15) is 0 Å². The lowest BCUT2D eigenvalue weighted by Gasteiger charge is -2.26. The Balaban J connectivity index is 5.71. The van der Waals surface area contributed by atoms with Crippen LogP contribution in [0.3, 0.4) is 0 Å². The van der Waals surface area contributed by atoms with Crippen LogP contribution in [0, 0.1) is 16.0 Å². The predicted octanol–water partition coefficient (Wildman–Crippen LogP) is 1.73. The van der Waals surface area contributed by atoms with Gasteiger partial charge in [-0.2, -0.15) is 6.26 Å². The largest absolute Gasteiger partial charge is 0.878 e. The Hall–Kier alpha value is -1.44. The van der Waals surface area contributed by atoms with Crippen LogP contribution in [0.25, 0.3) is 0 Å². The van der Waals surface area contributed by atoms with Gasteiger partial charge in [0.25, 0.3) is 0 Å². The maximum atomic E-state index is 12.9. The van der Waals surface area contributed by atoms with E-state index in [2.05, 4.69) is 0 Å². The van der Waals surface area contributed by atoms with E-state index in [1.807, 2.05) is 0 Å². The molecule has 0 saturated heterocycles. The molecular weight excluding hydrogens is 341 g/mol. The molecular formula is C14H25NO8P-. The molecule has 0 aliphatic rings. The van der Waals surface area contributed by atoms with Gasteiger partial charge in [0, 0.05) is 17.3 Å². The zero-order valence-electron chi connectivity index (χ0n) is 14.4. The molecule has 0 aromatic carbocycles. The standard InChI is InChI=1S/C14H26NO8P/c1-5-21-14(17)13(24(20,22-6-2)23-7-3)10-12(15(18)19)11(4)8-9-16/h8-9,11-13,16H,5-7,10H2,1-4H3/p-1/b9-8+. The molecule has 3 unspecified atom stereocenters. The molecule has 0 amide bonds. The molecule has 24 heavy (non-hydrogen) atoms. The van der Waals surface area contributed by atoms with Crippen molar-refractivity contribution in [2.75, 3.05) is 19.8 Å². The second-order valence-corrected chi connectivity index (χ2v) is 7.14. The van der Waals surface area contributed by atoms with Crippen molar-refractivity contribution >= 4 is 13.6 Å². The van der Waals surface area contributed by atoms with E-state index in [1.165, 1.54) is 6.92 Å². The molecule has 0 aliphatic heterocycles. The normalized spacial score (nSPS) is 15.8. The zero-order valence-corrected chi connectivity index (χ0v) is 15.3. The van der Waals surface area contributed by atoms with E-state index < -0.39 is 42.5 Å². The average molecular weight is 366 g/mol. The van der Waals surface area contributed by atoms with Crippen LogP contribution in [0.1, 0.15) is 34.1 Å². The van der Waals surface area contributed by atoms with Gasteiger partial charge in [-0.05, 0) is 20.8 Å². The van der Waals surface area contributed by atoms with Crippen LogP contribution in [0.5, 0.6) is 0 Å². The Kier molecular flexibility index (Phi) is 10.5. The van der Waals surface area contributed by atoms with Gasteiger partial charge in [-0.1, -0.05) is 13.0 Å². The highest BCUT2D eigenvalue weighted by atomic mass is 31.2. The van der Waals surface area contributed by atoms with Crippen molar-refractivity contribution in [3.05, 3.63) is 22.5 Å². The van der Waals surface area contributed by atoms with Crippen LogP contribution >= 0.6 is 7.60 Å². The zero-order chi connectivity index (χ0) is 18.8. The third-order valence-corrected chi connectivity index (χ3v) is 5.70. The first-order valence-electron chi connectivity index (χ1n) is 7.74. The van der Waals surface area contributed by atoms with Gasteiger partial charge in [0.15, 0.2) is 5.66 Å². The molecule has 0 aromatic heterocycles. The van der Waals surface area contributed by atoms with Crippen molar-refractivity contribution in [1.82, 2.24) is 0 Å². The van der Waals surface area contributed by atoms with Crippen LogP contribution in [-0.2, 0) is 23.1 Å². The minimum atomic E-state index is -3.95. The van der Waals surface area contributed by atoms with E-state index in [1.54, 1.807) is 20.8 Å². The van der Waals surface area contributed by atoms with Crippen LogP contribution in [-0.4, -0.2) is 42.4 Å². The summed E-state index contributed by atoms with van der Waals surface area (Å²) in [6, 6.07) is -1.31. The average Bonchev–Trinajstić information content (AvgIpc) is 2.48. The highest BCUT2D eigenvalue weighted by Crippen LogP contribution is 2.55. The molecule has 140 valence electrons. The summed E-state index contributed by atoms with van der Waals surface area (Å²) in [6.07, 6.45) is 1.14. The summed E-state index contributed by atoms with van der Waals surface area (Å²) < 4.78 is 28.1. The fraction of sp³-hybridized carbons (Fsp3) is 0.786. The Morgan fingerprint density at radius 3 is 2.12 bits per heavy atom. The lowest BCUT2D eigenvalue weighted by Crippen LogP contribution is -2.36. The van der Waals surface area contributed by atoms with Gasteiger partial charge in [0.2, 0.25) is 6.04 Å². The number of carbonyl (C=O) groups is 1. The lowest BCUT2D eigenvalue weighted by atomic mass is 9.98. The van der Waals surface area contributed by atoms with Gasteiger partial charge in [0.05, 0.1) is 19.8 Å². The molecule has 0 aromatic rings. The second-order valence-electron chi connectivity index (χ2n) is 4.92. The quantitative estimate of drug-likeness (QED) is 0.168. The molecule has 3 atom stereocenters. The Morgan fingerprint density at radius 1 is 1.21 bits per heavy atom. The monoisotopic (exact) mass is 366 g/mol. The molecule has 9 nitrogen and oxygen atoms in total. The van der Waals surface area contributed by atoms with Crippen molar-refractivity contribution in [2.24, 2.45) is 5.92 Å². The highest BCUT2D eigenvalue weighted by molar-refractivity contribution is 7.55. The number of carbonyl (C=O) groups excluding carboxylic acids is 1. The molecule has 0 heterocycles. The smallest absolute Gasteiger partial charge is 0.345 e. The van der Waals surface area contributed by atoms with Crippen LogP contribution in [0.2, 0.25) is 0 Å². The third-order valence-electron chi connectivity index (χ3n) is 3.28. The molecule has 0 bridgehead atoms. The molecule has 0 saturated carbocycles. The summed E-state index contributed by atoms with van der Waals surface area (Å²) in [5, 5.41) is 21.9. The molecule has 0 N–H and O–H groups in total. The summed E-state index contributed by atoms with van der Waals surface area (Å²) in [6.45, 7) is 6.21. The van der Waals surface area contributed by atoms with Crippen LogP contribution in [0.4, 0.5) is 0 Å². The summed E-state index contributed by atoms with van der Waals surface area (Å²) >= 11 is 0. The summed E-state index contributed by atoms with van der Waals surface area (Å²) in [5.74, 6) is -1.64. The Bertz CT molecular complexity index is 471. The Morgan fingerprint density at radius 2 is 1.75 bits per heavy atom. The van der Waals surface area contributed by atoms with Crippen LogP contribution in [0.15, 0.2) is 12.3 Å². The van der Waals surface area contributed by atoms with Gasteiger partial charge in [-0.3, -0.25) is 19.5 Å². The number of hydrogen-bond donors (Lipinski definition) is 0. The van der Waals surface area contributed by atoms with E-state index >= 15 is 0 Å². The number of esters is 1. The van der Waals surface area contributed by atoms with Gasteiger partial charge >= 0.3 is 13.6 Å². The molecule has 0 fully saturated rings. The number of nitrogens with zero attached hydrogens (tertiary/aromatic N) is 1. The van der Waals surface area contributed by atoms with E-state index in [0.717, 1.165) is 6.08 Å². The molecule has 10 heteroatoms. The maximum absolute atomic E-state index is 12.9. The molecule has 0 spiro atoms.